The quantitative estimate of drug-likeness (QED) is 0.896. The summed E-state index contributed by atoms with van der Waals surface area (Å²) in [5.41, 5.74) is 1.40. The summed E-state index contributed by atoms with van der Waals surface area (Å²) >= 11 is 0. The number of carbonyl (C=O) groups excluding carboxylic acids is 2. The molecule has 2 aliphatic heterocycles. The van der Waals surface area contributed by atoms with Crippen LogP contribution in [0.4, 0.5) is 0 Å². The van der Waals surface area contributed by atoms with Crippen molar-refractivity contribution in [2.24, 2.45) is 5.10 Å². The van der Waals surface area contributed by atoms with E-state index in [1.807, 2.05) is 37.3 Å². The molecule has 0 bridgehead atoms. The summed E-state index contributed by atoms with van der Waals surface area (Å²) in [6, 6.07) is 9.60. The van der Waals surface area contributed by atoms with Gasteiger partial charge in [-0.2, -0.15) is 5.10 Å². The average Bonchev–Trinajstić information content (AvgIpc) is 3.12. The van der Waals surface area contributed by atoms with Gasteiger partial charge in [-0.3, -0.25) is 9.59 Å². The van der Waals surface area contributed by atoms with E-state index in [4.69, 9.17) is 4.74 Å². The number of hydrogen-bond acceptors (Lipinski definition) is 4. The second-order valence-corrected chi connectivity index (χ2v) is 6.30. The molecule has 1 fully saturated rings. The van der Waals surface area contributed by atoms with E-state index in [1.165, 1.54) is 5.01 Å². The van der Waals surface area contributed by atoms with E-state index >= 15 is 0 Å². The monoisotopic (exact) mass is 329 g/mol. The fourth-order valence-electron chi connectivity index (χ4n) is 3.02. The highest BCUT2D eigenvalue weighted by atomic mass is 16.5. The number of carbonyl (C=O) groups is 2. The third-order valence-electron chi connectivity index (χ3n) is 4.42. The number of hydrazone groups is 1. The Morgan fingerprint density at radius 1 is 1.38 bits per heavy atom. The molecule has 24 heavy (non-hydrogen) atoms. The highest BCUT2D eigenvalue weighted by molar-refractivity contribution is 6.39. The Balaban J connectivity index is 1.64. The molecule has 1 aromatic rings. The molecule has 0 aromatic heterocycles. The predicted octanol–water partition coefficient (Wildman–Crippen LogP) is 1.85. The lowest BCUT2D eigenvalue weighted by molar-refractivity contribution is -0.132. The standard InChI is InChI=1S/C18H23N3O3/c1-13(16-8-5-11-24-16)19-18(23)15-9-10-17(22)21(20-15)12-14-6-3-2-4-7-14/h2-4,6-7,13,16H,5,8-12H2,1H3,(H,19,23)/t13-,16+/m1/s1. The molecule has 1 saturated heterocycles. The van der Waals surface area contributed by atoms with Crippen molar-refractivity contribution in [1.82, 2.24) is 10.3 Å². The largest absolute Gasteiger partial charge is 0.376 e. The van der Waals surface area contributed by atoms with E-state index in [0.717, 1.165) is 25.0 Å². The molecule has 2 heterocycles. The first-order valence-corrected chi connectivity index (χ1v) is 8.48. The zero-order chi connectivity index (χ0) is 16.9. The van der Waals surface area contributed by atoms with Crippen LogP contribution in [0.3, 0.4) is 0 Å². The molecule has 1 aromatic carbocycles. The molecule has 0 saturated carbocycles. The summed E-state index contributed by atoms with van der Waals surface area (Å²) < 4.78 is 5.60. The molecule has 2 atom stereocenters. The minimum absolute atomic E-state index is 0.0529. The summed E-state index contributed by atoms with van der Waals surface area (Å²) in [5, 5.41) is 8.64. The third kappa shape index (κ3) is 4.00. The molecule has 0 aliphatic carbocycles. The lowest BCUT2D eigenvalue weighted by Gasteiger charge is -2.25. The smallest absolute Gasteiger partial charge is 0.267 e. The fraction of sp³-hybridized carbons (Fsp3) is 0.500. The van der Waals surface area contributed by atoms with Crippen molar-refractivity contribution >= 4 is 17.5 Å². The molecule has 1 N–H and O–H groups in total. The molecule has 128 valence electrons. The summed E-state index contributed by atoms with van der Waals surface area (Å²) in [5.74, 6) is -0.258. The number of benzene rings is 1. The second-order valence-electron chi connectivity index (χ2n) is 6.30. The topological polar surface area (TPSA) is 71.0 Å². The Morgan fingerprint density at radius 2 is 2.17 bits per heavy atom. The van der Waals surface area contributed by atoms with Crippen LogP contribution in [0.15, 0.2) is 35.4 Å². The second kappa shape index (κ2) is 7.57. The molecule has 0 unspecified atom stereocenters. The van der Waals surface area contributed by atoms with Gasteiger partial charge in [0.05, 0.1) is 18.7 Å². The lowest BCUT2D eigenvalue weighted by atomic mass is 10.1. The van der Waals surface area contributed by atoms with Crippen molar-refractivity contribution in [3.63, 3.8) is 0 Å². The van der Waals surface area contributed by atoms with Crippen LogP contribution in [0.25, 0.3) is 0 Å². The van der Waals surface area contributed by atoms with Crippen LogP contribution in [0.2, 0.25) is 0 Å². The molecule has 3 rings (SSSR count). The van der Waals surface area contributed by atoms with Gasteiger partial charge in [0.15, 0.2) is 0 Å². The maximum atomic E-state index is 12.4. The van der Waals surface area contributed by atoms with E-state index in [1.54, 1.807) is 0 Å². The van der Waals surface area contributed by atoms with Crippen LogP contribution in [0.1, 0.15) is 38.2 Å². The summed E-state index contributed by atoms with van der Waals surface area (Å²) in [4.78, 5) is 24.5. The molecule has 2 amide bonds. The summed E-state index contributed by atoms with van der Waals surface area (Å²) in [7, 11) is 0. The highest BCUT2D eigenvalue weighted by Gasteiger charge is 2.28. The van der Waals surface area contributed by atoms with Gasteiger partial charge in [-0.1, -0.05) is 30.3 Å². The molecule has 0 radical (unpaired) electrons. The van der Waals surface area contributed by atoms with Gasteiger partial charge in [-0.05, 0) is 25.3 Å². The molecular weight excluding hydrogens is 306 g/mol. The van der Waals surface area contributed by atoms with Crippen molar-refractivity contribution in [2.75, 3.05) is 6.61 Å². The predicted molar refractivity (Wildman–Crippen MR) is 90.2 cm³/mol. The zero-order valence-electron chi connectivity index (χ0n) is 13.9. The molecular formula is C18H23N3O3. The van der Waals surface area contributed by atoms with Gasteiger partial charge < -0.3 is 10.1 Å². The van der Waals surface area contributed by atoms with Gasteiger partial charge in [0, 0.05) is 19.4 Å². The van der Waals surface area contributed by atoms with Crippen LogP contribution < -0.4 is 5.32 Å². The van der Waals surface area contributed by atoms with Gasteiger partial charge in [0.2, 0.25) is 5.91 Å². The van der Waals surface area contributed by atoms with Crippen molar-refractivity contribution < 1.29 is 14.3 Å². The third-order valence-corrected chi connectivity index (χ3v) is 4.42. The first-order chi connectivity index (χ1) is 11.6. The van der Waals surface area contributed by atoms with Gasteiger partial charge in [0.25, 0.3) is 5.91 Å². The van der Waals surface area contributed by atoms with Crippen LogP contribution >= 0.6 is 0 Å². The Labute approximate surface area is 141 Å². The maximum Gasteiger partial charge on any atom is 0.267 e. The summed E-state index contributed by atoms with van der Waals surface area (Å²) in [6.07, 6.45) is 2.76. The molecule has 0 spiro atoms. The van der Waals surface area contributed by atoms with Crippen molar-refractivity contribution in [2.45, 2.75) is 51.3 Å². The number of hydrogen-bond donors (Lipinski definition) is 1. The van der Waals surface area contributed by atoms with Gasteiger partial charge in [-0.25, -0.2) is 5.01 Å². The van der Waals surface area contributed by atoms with Crippen LogP contribution in [0, 0.1) is 0 Å². The molecule has 2 aliphatic rings. The van der Waals surface area contributed by atoms with Crippen LogP contribution in [-0.2, 0) is 20.9 Å². The Bertz CT molecular complexity index is 624. The number of nitrogens with zero attached hydrogens (tertiary/aromatic N) is 2. The first kappa shape index (κ1) is 16.6. The van der Waals surface area contributed by atoms with Crippen molar-refractivity contribution in [3.8, 4) is 0 Å². The highest BCUT2D eigenvalue weighted by Crippen LogP contribution is 2.17. The first-order valence-electron chi connectivity index (χ1n) is 8.48. The average molecular weight is 329 g/mol. The number of ether oxygens (including phenoxy) is 1. The Morgan fingerprint density at radius 3 is 2.88 bits per heavy atom. The van der Waals surface area contributed by atoms with E-state index in [9.17, 15) is 9.59 Å². The van der Waals surface area contributed by atoms with Crippen LogP contribution in [-0.4, -0.2) is 41.3 Å². The van der Waals surface area contributed by atoms with E-state index < -0.39 is 0 Å². The van der Waals surface area contributed by atoms with Gasteiger partial charge in [0.1, 0.15) is 5.71 Å². The fourth-order valence-corrected chi connectivity index (χ4v) is 3.02. The van der Waals surface area contributed by atoms with Crippen molar-refractivity contribution in [1.29, 1.82) is 0 Å². The van der Waals surface area contributed by atoms with Gasteiger partial charge in [-0.15, -0.1) is 0 Å². The Kier molecular flexibility index (Phi) is 5.25. The molecule has 6 heteroatoms. The number of amides is 2. The maximum absolute atomic E-state index is 12.4. The number of rotatable bonds is 5. The Hall–Kier alpha value is -2.21. The van der Waals surface area contributed by atoms with Gasteiger partial charge >= 0.3 is 0 Å². The lowest BCUT2D eigenvalue weighted by Crippen LogP contribution is -2.46. The minimum Gasteiger partial charge on any atom is -0.376 e. The van der Waals surface area contributed by atoms with Crippen LogP contribution in [0.5, 0.6) is 0 Å². The SMILES string of the molecule is C[C@@H](NC(=O)C1=NN(Cc2ccccc2)C(=O)CC1)[C@@H]1CCCO1. The number of nitrogens with one attached hydrogen (secondary N) is 1. The molecule has 6 nitrogen and oxygen atoms in total. The van der Waals surface area contributed by atoms with E-state index in [-0.39, 0.29) is 24.0 Å². The normalized spacial score (nSPS) is 22.2. The zero-order valence-corrected chi connectivity index (χ0v) is 13.9. The van der Waals surface area contributed by atoms with E-state index in [2.05, 4.69) is 10.4 Å². The van der Waals surface area contributed by atoms with Crippen molar-refractivity contribution in [3.05, 3.63) is 35.9 Å². The van der Waals surface area contributed by atoms with E-state index in [0.29, 0.717) is 25.1 Å². The summed E-state index contributed by atoms with van der Waals surface area (Å²) in [6.45, 7) is 3.09. The minimum atomic E-state index is -0.205.